The molecule has 0 aliphatic carbocycles. The summed E-state index contributed by atoms with van der Waals surface area (Å²) in [5.41, 5.74) is 0. The van der Waals surface area contributed by atoms with Crippen LogP contribution in [0.25, 0.3) is 0 Å². The van der Waals surface area contributed by atoms with Gasteiger partial charge in [-0.25, -0.2) is 0 Å². The summed E-state index contributed by atoms with van der Waals surface area (Å²) in [5.74, 6) is -1.26. The molecule has 0 radical (unpaired) electrons. The zero-order chi connectivity index (χ0) is 12.0. The second-order valence-electron chi connectivity index (χ2n) is 3.23. The molecule has 0 aromatic carbocycles. The number of hydrogen-bond acceptors (Lipinski definition) is 3. The topological polar surface area (TPSA) is 66.4 Å². The van der Waals surface area contributed by atoms with Crippen LogP contribution in [-0.4, -0.2) is 23.5 Å². The molecular weight excluding hydrogens is 250 g/mol. The third kappa shape index (κ3) is 5.14. The first-order chi connectivity index (χ1) is 7.58. The molecule has 2 N–H and O–H groups in total. The second-order valence-corrected chi connectivity index (χ2v) is 5.03. The van der Waals surface area contributed by atoms with E-state index >= 15 is 0 Å². The molecule has 4 nitrogen and oxygen atoms in total. The second kappa shape index (κ2) is 6.50. The molecule has 1 aromatic heterocycles. The van der Waals surface area contributed by atoms with E-state index in [1.807, 2.05) is 12.1 Å². The highest BCUT2D eigenvalue weighted by molar-refractivity contribution is 7.16. The Hall–Kier alpha value is -1.07. The zero-order valence-electron chi connectivity index (χ0n) is 8.53. The van der Waals surface area contributed by atoms with Crippen molar-refractivity contribution in [2.75, 3.05) is 6.54 Å². The predicted molar refractivity (Wildman–Crippen MR) is 62.9 cm³/mol. The normalized spacial score (nSPS) is 10.1. The van der Waals surface area contributed by atoms with Crippen LogP contribution < -0.4 is 5.32 Å². The average molecular weight is 262 g/mol. The van der Waals surface area contributed by atoms with Gasteiger partial charge in [-0.15, -0.1) is 11.3 Å². The first kappa shape index (κ1) is 13.0. The summed E-state index contributed by atoms with van der Waals surface area (Å²) < 4.78 is 0.741. The van der Waals surface area contributed by atoms with Crippen LogP contribution in [0.4, 0.5) is 0 Å². The van der Waals surface area contributed by atoms with E-state index in [-0.39, 0.29) is 12.5 Å². The molecule has 0 aliphatic heterocycles. The molecule has 0 saturated carbocycles. The first-order valence-corrected chi connectivity index (χ1v) is 6.00. The number of aliphatic carboxylic acids is 1. The van der Waals surface area contributed by atoms with Gasteiger partial charge in [0.15, 0.2) is 0 Å². The van der Waals surface area contributed by atoms with Crippen LogP contribution in [0.5, 0.6) is 0 Å². The maximum Gasteiger partial charge on any atom is 0.322 e. The van der Waals surface area contributed by atoms with Crippen molar-refractivity contribution in [1.82, 2.24) is 5.32 Å². The standard InChI is InChI=1S/C10H12ClNO3S/c11-8-5-4-7(16-8)2-1-3-9(13)12-6-10(14)15/h4-5H,1-3,6H2,(H,12,13)(H,14,15). The Balaban J connectivity index is 2.15. The van der Waals surface area contributed by atoms with E-state index < -0.39 is 5.97 Å². The Morgan fingerprint density at radius 1 is 1.44 bits per heavy atom. The molecule has 1 rings (SSSR count). The molecule has 0 bridgehead atoms. The highest BCUT2D eigenvalue weighted by atomic mass is 35.5. The molecule has 6 heteroatoms. The first-order valence-electron chi connectivity index (χ1n) is 4.80. The van der Waals surface area contributed by atoms with Crippen molar-refractivity contribution >= 4 is 34.8 Å². The zero-order valence-corrected chi connectivity index (χ0v) is 10.1. The van der Waals surface area contributed by atoms with E-state index in [0.29, 0.717) is 12.8 Å². The number of thiophene rings is 1. The van der Waals surface area contributed by atoms with Gasteiger partial charge in [0.2, 0.25) is 5.91 Å². The van der Waals surface area contributed by atoms with Gasteiger partial charge in [-0.2, -0.15) is 0 Å². The Bertz CT molecular complexity index is 378. The van der Waals surface area contributed by atoms with Gasteiger partial charge < -0.3 is 10.4 Å². The molecule has 88 valence electrons. The lowest BCUT2D eigenvalue weighted by molar-refractivity contribution is -0.137. The number of carbonyl (C=O) groups excluding carboxylic acids is 1. The summed E-state index contributed by atoms with van der Waals surface area (Å²) >= 11 is 7.26. The summed E-state index contributed by atoms with van der Waals surface area (Å²) in [6, 6.07) is 3.76. The summed E-state index contributed by atoms with van der Waals surface area (Å²) in [6.07, 6.45) is 1.82. The Kier molecular flexibility index (Phi) is 5.28. The lowest BCUT2D eigenvalue weighted by Gasteiger charge is -2.01. The minimum absolute atomic E-state index is 0.231. The number of carbonyl (C=O) groups is 2. The Morgan fingerprint density at radius 2 is 2.19 bits per heavy atom. The maximum absolute atomic E-state index is 11.1. The van der Waals surface area contributed by atoms with Gasteiger partial charge in [0.1, 0.15) is 6.54 Å². The molecule has 1 aromatic rings. The molecule has 0 saturated heterocycles. The van der Waals surface area contributed by atoms with Crippen LogP contribution in [0.1, 0.15) is 17.7 Å². The van der Waals surface area contributed by atoms with Crippen molar-refractivity contribution in [1.29, 1.82) is 0 Å². The van der Waals surface area contributed by atoms with Gasteiger partial charge in [0.25, 0.3) is 0 Å². The van der Waals surface area contributed by atoms with Gasteiger partial charge in [-0.3, -0.25) is 9.59 Å². The van der Waals surface area contributed by atoms with E-state index in [4.69, 9.17) is 16.7 Å². The quantitative estimate of drug-likeness (QED) is 0.822. The highest BCUT2D eigenvalue weighted by Crippen LogP contribution is 2.22. The van der Waals surface area contributed by atoms with Crippen LogP contribution >= 0.6 is 22.9 Å². The minimum Gasteiger partial charge on any atom is -0.480 e. The smallest absolute Gasteiger partial charge is 0.322 e. The molecule has 16 heavy (non-hydrogen) atoms. The molecular formula is C10H12ClNO3S. The number of carboxylic acid groups (broad SMARTS) is 1. The average Bonchev–Trinajstić information content (AvgIpc) is 2.61. The molecule has 0 atom stereocenters. The van der Waals surface area contributed by atoms with Crippen LogP contribution in [0.3, 0.4) is 0 Å². The Morgan fingerprint density at radius 3 is 2.75 bits per heavy atom. The van der Waals surface area contributed by atoms with Crippen molar-refractivity contribution in [3.8, 4) is 0 Å². The molecule has 1 amide bonds. The number of amides is 1. The number of rotatable bonds is 6. The number of halogens is 1. The van der Waals surface area contributed by atoms with Crippen LogP contribution in [-0.2, 0) is 16.0 Å². The lowest BCUT2D eigenvalue weighted by Crippen LogP contribution is -2.28. The van der Waals surface area contributed by atoms with E-state index in [1.54, 1.807) is 0 Å². The molecule has 0 unspecified atom stereocenters. The maximum atomic E-state index is 11.1. The number of aryl methyl sites for hydroxylation is 1. The fraction of sp³-hybridized carbons (Fsp3) is 0.400. The van der Waals surface area contributed by atoms with E-state index in [0.717, 1.165) is 15.6 Å². The van der Waals surface area contributed by atoms with E-state index in [2.05, 4.69) is 5.32 Å². The largest absolute Gasteiger partial charge is 0.480 e. The number of hydrogen-bond donors (Lipinski definition) is 2. The SMILES string of the molecule is O=C(O)CNC(=O)CCCc1ccc(Cl)s1. The van der Waals surface area contributed by atoms with Gasteiger partial charge in [-0.05, 0) is 25.0 Å². The van der Waals surface area contributed by atoms with Crippen LogP contribution in [0.2, 0.25) is 4.34 Å². The molecule has 0 spiro atoms. The van der Waals surface area contributed by atoms with Crippen molar-refractivity contribution < 1.29 is 14.7 Å². The summed E-state index contributed by atoms with van der Waals surface area (Å²) in [4.78, 5) is 22.5. The number of nitrogens with one attached hydrogen (secondary N) is 1. The summed E-state index contributed by atoms with van der Waals surface area (Å²) in [6.45, 7) is -0.316. The van der Waals surface area contributed by atoms with Crippen LogP contribution in [0.15, 0.2) is 12.1 Å². The minimum atomic E-state index is -1.03. The highest BCUT2D eigenvalue weighted by Gasteiger charge is 2.04. The van der Waals surface area contributed by atoms with Crippen molar-refractivity contribution in [3.63, 3.8) is 0 Å². The van der Waals surface area contributed by atoms with Crippen molar-refractivity contribution in [3.05, 3.63) is 21.3 Å². The van der Waals surface area contributed by atoms with Gasteiger partial charge in [-0.1, -0.05) is 11.6 Å². The molecule has 0 fully saturated rings. The number of carboxylic acids is 1. The Labute approximate surface area is 102 Å². The third-order valence-electron chi connectivity index (χ3n) is 1.89. The van der Waals surface area contributed by atoms with Crippen molar-refractivity contribution in [2.24, 2.45) is 0 Å². The molecule has 0 aliphatic rings. The van der Waals surface area contributed by atoms with Crippen LogP contribution in [0, 0.1) is 0 Å². The lowest BCUT2D eigenvalue weighted by atomic mass is 10.2. The third-order valence-corrected chi connectivity index (χ3v) is 3.18. The van der Waals surface area contributed by atoms with Crippen molar-refractivity contribution in [2.45, 2.75) is 19.3 Å². The molecule has 1 heterocycles. The fourth-order valence-electron chi connectivity index (χ4n) is 1.17. The van der Waals surface area contributed by atoms with Gasteiger partial charge in [0.05, 0.1) is 4.34 Å². The summed E-state index contributed by atoms with van der Waals surface area (Å²) in [7, 11) is 0. The van der Waals surface area contributed by atoms with Gasteiger partial charge >= 0.3 is 5.97 Å². The summed E-state index contributed by atoms with van der Waals surface area (Å²) in [5, 5.41) is 10.7. The predicted octanol–water partition coefficient (Wildman–Crippen LogP) is 1.92. The van der Waals surface area contributed by atoms with E-state index in [1.165, 1.54) is 11.3 Å². The fourth-order valence-corrected chi connectivity index (χ4v) is 2.30. The monoisotopic (exact) mass is 261 g/mol. The van der Waals surface area contributed by atoms with E-state index in [9.17, 15) is 9.59 Å². The van der Waals surface area contributed by atoms with Gasteiger partial charge in [0, 0.05) is 11.3 Å².